The standard InChI is InChI=1S/C21H28N6O4S/c1-4-7-22-19-18-14(2)13-23-20(18)26-21(25-19)24-16-6-5-15(12-17(16)30-3)32(28,29)27-8-10-31-11-9-27/h5-6,12-13H,4,7-11H2,1-3H3,(H3,22,23,24,25,26). The van der Waals surface area contributed by atoms with Crippen molar-refractivity contribution in [1.29, 1.82) is 0 Å². The number of rotatable bonds is 8. The van der Waals surface area contributed by atoms with Gasteiger partial charge < -0.3 is 25.1 Å². The maximum atomic E-state index is 13.0. The van der Waals surface area contributed by atoms with Gasteiger partial charge in [0.1, 0.15) is 17.2 Å². The van der Waals surface area contributed by atoms with Crippen LogP contribution < -0.4 is 15.4 Å². The number of nitrogens with zero attached hydrogens (tertiary/aromatic N) is 3. The van der Waals surface area contributed by atoms with Crippen LogP contribution in [-0.2, 0) is 14.8 Å². The van der Waals surface area contributed by atoms with Crippen LogP contribution in [0.3, 0.4) is 0 Å². The van der Waals surface area contributed by atoms with E-state index in [1.807, 2.05) is 13.1 Å². The maximum Gasteiger partial charge on any atom is 0.243 e. The Balaban J connectivity index is 1.65. The maximum absolute atomic E-state index is 13.0. The number of sulfonamides is 1. The molecule has 3 heterocycles. The van der Waals surface area contributed by atoms with Crippen molar-refractivity contribution in [1.82, 2.24) is 19.3 Å². The van der Waals surface area contributed by atoms with Crippen LogP contribution in [0.2, 0.25) is 0 Å². The van der Waals surface area contributed by atoms with Crippen LogP contribution in [0.4, 0.5) is 17.5 Å². The molecule has 0 spiro atoms. The molecular formula is C21H28N6O4S. The van der Waals surface area contributed by atoms with Crippen molar-refractivity contribution < 1.29 is 17.9 Å². The number of hydrogen-bond acceptors (Lipinski definition) is 8. The molecule has 32 heavy (non-hydrogen) atoms. The molecule has 1 fully saturated rings. The normalized spacial score (nSPS) is 15.1. The number of ether oxygens (including phenoxy) is 2. The van der Waals surface area contributed by atoms with Crippen molar-refractivity contribution in [2.75, 3.05) is 50.6 Å². The summed E-state index contributed by atoms with van der Waals surface area (Å²) in [6.07, 6.45) is 2.86. The molecule has 1 aliphatic heterocycles. The van der Waals surface area contributed by atoms with Crippen LogP contribution in [0.1, 0.15) is 18.9 Å². The van der Waals surface area contributed by atoms with E-state index in [4.69, 9.17) is 9.47 Å². The third kappa shape index (κ3) is 4.36. The monoisotopic (exact) mass is 460 g/mol. The van der Waals surface area contributed by atoms with Gasteiger partial charge in [0.2, 0.25) is 16.0 Å². The third-order valence-electron chi connectivity index (χ3n) is 5.30. The lowest BCUT2D eigenvalue weighted by atomic mass is 10.2. The number of methoxy groups -OCH3 is 1. The second kappa shape index (κ2) is 9.31. The van der Waals surface area contributed by atoms with E-state index in [2.05, 4.69) is 32.5 Å². The summed E-state index contributed by atoms with van der Waals surface area (Å²) < 4.78 is 38.1. The Hall–Kier alpha value is -2.89. The van der Waals surface area contributed by atoms with Crippen molar-refractivity contribution in [2.45, 2.75) is 25.2 Å². The van der Waals surface area contributed by atoms with Gasteiger partial charge in [-0.15, -0.1) is 0 Å². The van der Waals surface area contributed by atoms with Gasteiger partial charge in [0.05, 0.1) is 36.3 Å². The lowest BCUT2D eigenvalue weighted by Crippen LogP contribution is -2.40. The van der Waals surface area contributed by atoms with Gasteiger partial charge >= 0.3 is 0 Å². The number of aryl methyl sites for hydroxylation is 1. The topological polar surface area (TPSA) is 121 Å². The first-order valence-corrected chi connectivity index (χ1v) is 12.0. The molecule has 1 saturated heterocycles. The minimum absolute atomic E-state index is 0.170. The summed E-state index contributed by atoms with van der Waals surface area (Å²) in [5.41, 5.74) is 2.34. The smallest absolute Gasteiger partial charge is 0.243 e. The summed E-state index contributed by atoms with van der Waals surface area (Å²) in [5.74, 6) is 1.50. The van der Waals surface area contributed by atoms with Crippen molar-refractivity contribution in [3.8, 4) is 5.75 Å². The molecule has 1 aromatic carbocycles. The molecule has 0 radical (unpaired) electrons. The fourth-order valence-corrected chi connectivity index (χ4v) is 5.03. The summed E-state index contributed by atoms with van der Waals surface area (Å²) in [5, 5.41) is 7.46. The quantitative estimate of drug-likeness (QED) is 0.469. The van der Waals surface area contributed by atoms with Crippen LogP contribution in [0.5, 0.6) is 5.75 Å². The van der Waals surface area contributed by atoms with E-state index in [1.165, 1.54) is 17.5 Å². The molecule has 2 aromatic heterocycles. The van der Waals surface area contributed by atoms with Crippen LogP contribution in [-0.4, -0.2) is 67.6 Å². The Morgan fingerprint density at radius 3 is 2.75 bits per heavy atom. The number of aromatic amines is 1. The molecule has 0 amide bonds. The predicted molar refractivity (Wildman–Crippen MR) is 123 cm³/mol. The summed E-state index contributed by atoms with van der Waals surface area (Å²) in [4.78, 5) is 12.5. The Morgan fingerprint density at radius 2 is 2.03 bits per heavy atom. The molecule has 11 heteroatoms. The number of aromatic nitrogens is 3. The van der Waals surface area contributed by atoms with Gasteiger partial charge in [-0.1, -0.05) is 6.92 Å². The second-order valence-corrected chi connectivity index (χ2v) is 9.46. The number of nitrogens with one attached hydrogen (secondary N) is 3. The van der Waals surface area contributed by atoms with Crippen LogP contribution in [0, 0.1) is 6.92 Å². The molecule has 0 aliphatic carbocycles. The lowest BCUT2D eigenvalue weighted by molar-refractivity contribution is 0.0730. The van der Waals surface area contributed by atoms with Gasteiger partial charge in [0.15, 0.2) is 0 Å². The van der Waals surface area contributed by atoms with Crippen LogP contribution in [0.15, 0.2) is 29.3 Å². The first-order valence-electron chi connectivity index (χ1n) is 10.6. The minimum atomic E-state index is -3.63. The molecule has 0 saturated carbocycles. The van der Waals surface area contributed by atoms with E-state index in [9.17, 15) is 8.42 Å². The second-order valence-electron chi connectivity index (χ2n) is 7.52. The number of hydrogen-bond donors (Lipinski definition) is 3. The van der Waals surface area contributed by atoms with E-state index in [0.29, 0.717) is 49.3 Å². The number of fused-ring (bicyclic) bond motifs is 1. The Kier molecular flexibility index (Phi) is 6.49. The van der Waals surface area contributed by atoms with Gasteiger partial charge in [0, 0.05) is 31.9 Å². The van der Waals surface area contributed by atoms with Crippen molar-refractivity contribution >= 4 is 38.5 Å². The van der Waals surface area contributed by atoms with Crippen molar-refractivity contribution in [3.05, 3.63) is 30.0 Å². The first kappa shape index (κ1) is 22.3. The molecule has 10 nitrogen and oxygen atoms in total. The van der Waals surface area contributed by atoms with Crippen molar-refractivity contribution in [3.63, 3.8) is 0 Å². The lowest BCUT2D eigenvalue weighted by Gasteiger charge is -2.26. The molecule has 172 valence electrons. The van der Waals surface area contributed by atoms with Gasteiger partial charge in [-0.3, -0.25) is 0 Å². The van der Waals surface area contributed by atoms with E-state index in [1.54, 1.807) is 12.1 Å². The summed E-state index contributed by atoms with van der Waals surface area (Å²) >= 11 is 0. The number of morpholine rings is 1. The van der Waals surface area contributed by atoms with Gasteiger partial charge in [-0.2, -0.15) is 14.3 Å². The average molecular weight is 461 g/mol. The number of benzene rings is 1. The SMILES string of the molecule is CCCNc1nc(Nc2ccc(S(=O)(=O)N3CCOCC3)cc2OC)nc2[nH]cc(C)c12. The summed E-state index contributed by atoms with van der Waals surface area (Å²) in [6, 6.07) is 4.74. The van der Waals surface area contributed by atoms with E-state index in [0.717, 1.165) is 29.7 Å². The van der Waals surface area contributed by atoms with E-state index in [-0.39, 0.29) is 4.90 Å². The van der Waals surface area contributed by atoms with Gasteiger partial charge in [0.25, 0.3) is 0 Å². The van der Waals surface area contributed by atoms with Gasteiger partial charge in [-0.25, -0.2) is 8.42 Å². The largest absolute Gasteiger partial charge is 0.495 e. The Bertz CT molecular complexity index is 1200. The molecule has 1 aliphatic rings. The van der Waals surface area contributed by atoms with E-state index >= 15 is 0 Å². The highest BCUT2D eigenvalue weighted by molar-refractivity contribution is 7.89. The highest BCUT2D eigenvalue weighted by Gasteiger charge is 2.27. The minimum Gasteiger partial charge on any atom is -0.495 e. The molecular weight excluding hydrogens is 432 g/mol. The number of anilines is 3. The predicted octanol–water partition coefficient (Wildman–Crippen LogP) is 2.86. The molecule has 0 unspecified atom stereocenters. The third-order valence-corrected chi connectivity index (χ3v) is 7.19. The highest BCUT2D eigenvalue weighted by atomic mass is 32.2. The fraction of sp³-hybridized carbons (Fsp3) is 0.429. The molecule has 4 rings (SSSR count). The summed E-state index contributed by atoms with van der Waals surface area (Å²) in [6.45, 7) is 6.33. The molecule has 0 atom stereocenters. The van der Waals surface area contributed by atoms with Crippen molar-refractivity contribution in [2.24, 2.45) is 0 Å². The Labute approximate surface area is 187 Å². The molecule has 0 bridgehead atoms. The zero-order valence-corrected chi connectivity index (χ0v) is 19.3. The molecule has 3 aromatic rings. The van der Waals surface area contributed by atoms with E-state index < -0.39 is 10.0 Å². The summed E-state index contributed by atoms with van der Waals surface area (Å²) in [7, 11) is -2.13. The van der Waals surface area contributed by atoms with Crippen LogP contribution >= 0.6 is 0 Å². The zero-order valence-electron chi connectivity index (χ0n) is 18.4. The Morgan fingerprint density at radius 1 is 1.25 bits per heavy atom. The average Bonchev–Trinajstić information content (AvgIpc) is 3.19. The zero-order chi connectivity index (χ0) is 22.7. The highest BCUT2D eigenvalue weighted by Crippen LogP contribution is 2.32. The van der Waals surface area contributed by atoms with Gasteiger partial charge in [-0.05, 0) is 31.0 Å². The van der Waals surface area contributed by atoms with Crippen LogP contribution in [0.25, 0.3) is 11.0 Å². The molecule has 3 N–H and O–H groups in total. The fourth-order valence-electron chi connectivity index (χ4n) is 3.61. The number of H-pyrrole nitrogens is 1. The first-order chi connectivity index (χ1) is 15.4.